The average molecular weight is 466 g/mol. The quantitative estimate of drug-likeness (QED) is 0.373. The van der Waals surface area contributed by atoms with Crippen molar-refractivity contribution in [1.82, 2.24) is 20.3 Å². The zero-order valence-electron chi connectivity index (χ0n) is 16.8. The Hall–Kier alpha value is -3.60. The maximum atomic E-state index is 12.9. The molecule has 0 spiro atoms. The number of hydrogen-bond donors (Lipinski definition) is 4. The number of carbonyl (C=O) groups excluding carboxylic acids is 1. The minimum Gasteiger partial charge on any atom is -0.368 e. The normalized spacial score (nSPS) is 11.0. The summed E-state index contributed by atoms with van der Waals surface area (Å²) < 4.78 is 38.7. The molecule has 3 rings (SSSR count). The fourth-order valence-electron chi connectivity index (χ4n) is 2.62. The van der Waals surface area contributed by atoms with Gasteiger partial charge in [-0.2, -0.15) is 13.2 Å². The minimum atomic E-state index is -4.62. The molecule has 4 N–H and O–H groups in total. The molecular weight excluding hydrogens is 447 g/mol. The molecule has 12 heteroatoms. The lowest BCUT2D eigenvalue weighted by Crippen LogP contribution is -2.32. The number of alkyl halides is 3. The SMILES string of the molecule is Cc1ccnc(Nc2cc(NCCNC(=O)Nc3ccc(Cl)c(C(F)(F)F)c3)ncn2)c1. The predicted octanol–water partition coefficient (Wildman–Crippen LogP) is 4.83. The molecule has 0 saturated carbocycles. The van der Waals surface area contributed by atoms with Gasteiger partial charge >= 0.3 is 12.2 Å². The summed E-state index contributed by atoms with van der Waals surface area (Å²) in [6.45, 7) is 2.46. The van der Waals surface area contributed by atoms with Crippen molar-refractivity contribution in [2.24, 2.45) is 0 Å². The lowest BCUT2D eigenvalue weighted by atomic mass is 10.2. The van der Waals surface area contributed by atoms with E-state index in [1.807, 2.05) is 19.1 Å². The first-order chi connectivity index (χ1) is 15.2. The number of pyridine rings is 1. The van der Waals surface area contributed by atoms with Crippen LogP contribution in [0.1, 0.15) is 11.1 Å². The van der Waals surface area contributed by atoms with E-state index >= 15 is 0 Å². The third-order valence-electron chi connectivity index (χ3n) is 4.08. The van der Waals surface area contributed by atoms with Crippen molar-refractivity contribution in [3.8, 4) is 0 Å². The molecule has 0 bridgehead atoms. The first-order valence-electron chi connectivity index (χ1n) is 9.38. The van der Waals surface area contributed by atoms with Crippen molar-refractivity contribution in [2.45, 2.75) is 13.1 Å². The number of aryl methyl sites for hydroxylation is 1. The maximum absolute atomic E-state index is 12.9. The van der Waals surface area contributed by atoms with E-state index in [4.69, 9.17) is 11.6 Å². The summed E-state index contributed by atoms with van der Waals surface area (Å²) in [6, 6.07) is 7.91. The topological polar surface area (TPSA) is 104 Å². The lowest BCUT2D eigenvalue weighted by Gasteiger charge is -2.12. The molecule has 0 aliphatic heterocycles. The summed E-state index contributed by atoms with van der Waals surface area (Å²) in [6.07, 6.45) is -1.56. The fraction of sp³-hybridized carbons (Fsp3) is 0.200. The second-order valence-corrected chi connectivity index (χ2v) is 7.04. The first kappa shape index (κ1) is 23.1. The van der Waals surface area contributed by atoms with Gasteiger partial charge in [0.25, 0.3) is 0 Å². The average Bonchev–Trinajstić information content (AvgIpc) is 2.72. The molecule has 0 saturated heterocycles. The van der Waals surface area contributed by atoms with E-state index in [1.54, 1.807) is 12.3 Å². The third-order valence-corrected chi connectivity index (χ3v) is 4.41. The molecule has 0 fully saturated rings. The highest BCUT2D eigenvalue weighted by molar-refractivity contribution is 6.31. The fourth-order valence-corrected chi connectivity index (χ4v) is 2.84. The Bertz CT molecular complexity index is 1090. The van der Waals surface area contributed by atoms with E-state index in [0.29, 0.717) is 24.0 Å². The molecule has 0 aliphatic rings. The molecule has 0 atom stereocenters. The van der Waals surface area contributed by atoms with Gasteiger partial charge in [-0.15, -0.1) is 0 Å². The highest BCUT2D eigenvalue weighted by atomic mass is 35.5. The van der Waals surface area contributed by atoms with Crippen LogP contribution in [-0.4, -0.2) is 34.1 Å². The number of hydrogen-bond acceptors (Lipinski definition) is 6. The van der Waals surface area contributed by atoms with Crippen molar-refractivity contribution in [3.05, 3.63) is 65.1 Å². The van der Waals surface area contributed by atoms with Crippen LogP contribution in [-0.2, 0) is 6.18 Å². The van der Waals surface area contributed by atoms with E-state index < -0.39 is 22.8 Å². The number of rotatable bonds is 7. The summed E-state index contributed by atoms with van der Waals surface area (Å²) in [4.78, 5) is 24.4. The Morgan fingerprint density at radius 2 is 1.75 bits per heavy atom. The van der Waals surface area contributed by atoms with Crippen molar-refractivity contribution < 1.29 is 18.0 Å². The Labute approximate surface area is 186 Å². The predicted molar refractivity (Wildman–Crippen MR) is 116 cm³/mol. The second kappa shape index (κ2) is 10.1. The molecule has 32 heavy (non-hydrogen) atoms. The number of aromatic nitrogens is 3. The van der Waals surface area contributed by atoms with E-state index in [1.165, 1.54) is 12.4 Å². The van der Waals surface area contributed by atoms with Crippen molar-refractivity contribution in [2.75, 3.05) is 29.0 Å². The largest absolute Gasteiger partial charge is 0.417 e. The van der Waals surface area contributed by atoms with E-state index in [0.717, 1.165) is 17.7 Å². The van der Waals surface area contributed by atoms with Gasteiger partial charge in [0.2, 0.25) is 0 Å². The van der Waals surface area contributed by atoms with Crippen LogP contribution < -0.4 is 21.3 Å². The zero-order valence-corrected chi connectivity index (χ0v) is 17.6. The Kier molecular flexibility index (Phi) is 7.31. The number of amides is 2. The number of benzene rings is 1. The summed E-state index contributed by atoms with van der Waals surface area (Å²) in [5, 5.41) is 10.5. The van der Waals surface area contributed by atoms with Gasteiger partial charge in [-0.1, -0.05) is 11.6 Å². The Morgan fingerprint density at radius 1 is 1.00 bits per heavy atom. The zero-order chi connectivity index (χ0) is 23.1. The number of carbonyl (C=O) groups is 1. The number of halogens is 4. The first-order valence-corrected chi connectivity index (χ1v) is 9.76. The van der Waals surface area contributed by atoms with Gasteiger partial charge in [0, 0.05) is 31.0 Å². The Morgan fingerprint density at radius 3 is 2.50 bits per heavy atom. The van der Waals surface area contributed by atoms with Crippen LogP contribution in [0.5, 0.6) is 0 Å². The number of anilines is 4. The van der Waals surface area contributed by atoms with E-state index in [-0.39, 0.29) is 12.2 Å². The Balaban J connectivity index is 1.47. The molecule has 3 aromatic rings. The molecule has 0 radical (unpaired) electrons. The number of nitrogens with one attached hydrogen (secondary N) is 4. The van der Waals surface area contributed by atoms with E-state index in [2.05, 4.69) is 36.2 Å². The van der Waals surface area contributed by atoms with Crippen LogP contribution >= 0.6 is 11.6 Å². The van der Waals surface area contributed by atoms with Crippen LogP contribution in [0.25, 0.3) is 0 Å². The lowest BCUT2D eigenvalue weighted by molar-refractivity contribution is -0.137. The molecule has 8 nitrogen and oxygen atoms in total. The summed E-state index contributed by atoms with van der Waals surface area (Å²) in [5.41, 5.74) is 0.00335. The number of urea groups is 1. The minimum absolute atomic E-state index is 0.0246. The summed E-state index contributed by atoms with van der Waals surface area (Å²) in [5.74, 6) is 1.70. The van der Waals surface area contributed by atoms with Crippen molar-refractivity contribution >= 4 is 40.8 Å². The van der Waals surface area contributed by atoms with Crippen molar-refractivity contribution in [1.29, 1.82) is 0 Å². The molecule has 0 unspecified atom stereocenters. The van der Waals surface area contributed by atoms with Gasteiger partial charge in [-0.3, -0.25) is 0 Å². The van der Waals surface area contributed by atoms with Gasteiger partial charge in [0.1, 0.15) is 23.8 Å². The molecule has 1 aromatic carbocycles. The maximum Gasteiger partial charge on any atom is 0.417 e. The van der Waals surface area contributed by atoms with Gasteiger partial charge in [0.05, 0.1) is 10.6 Å². The van der Waals surface area contributed by atoms with Crippen LogP contribution in [0.4, 0.5) is 41.1 Å². The highest BCUT2D eigenvalue weighted by Gasteiger charge is 2.33. The summed E-state index contributed by atoms with van der Waals surface area (Å²) >= 11 is 5.57. The standard InChI is InChI=1S/C20H19ClF3N7O/c1-12-4-5-25-17(8-12)31-18-10-16(28-11-29-18)26-6-7-27-19(32)30-13-2-3-15(21)14(9-13)20(22,23)24/h2-5,8-11H,6-7H2,1H3,(H2,27,30,32)(H2,25,26,28,29,31). The molecule has 2 heterocycles. The molecular formula is C20H19ClF3N7O. The third kappa shape index (κ3) is 6.71. The molecule has 2 amide bonds. The van der Waals surface area contributed by atoms with E-state index in [9.17, 15) is 18.0 Å². The second-order valence-electron chi connectivity index (χ2n) is 6.63. The van der Waals surface area contributed by atoms with Crippen LogP contribution in [0.2, 0.25) is 5.02 Å². The molecule has 2 aromatic heterocycles. The van der Waals surface area contributed by atoms with Crippen molar-refractivity contribution in [3.63, 3.8) is 0 Å². The molecule has 0 aliphatic carbocycles. The highest BCUT2D eigenvalue weighted by Crippen LogP contribution is 2.36. The summed E-state index contributed by atoms with van der Waals surface area (Å²) in [7, 11) is 0. The van der Waals surface area contributed by atoms with Crippen LogP contribution in [0, 0.1) is 6.92 Å². The molecule has 168 valence electrons. The van der Waals surface area contributed by atoms with Gasteiger partial charge in [-0.25, -0.2) is 19.7 Å². The monoisotopic (exact) mass is 465 g/mol. The van der Waals surface area contributed by atoms with Crippen LogP contribution in [0.3, 0.4) is 0 Å². The van der Waals surface area contributed by atoms with Gasteiger partial charge < -0.3 is 21.3 Å². The smallest absolute Gasteiger partial charge is 0.368 e. The van der Waals surface area contributed by atoms with Crippen LogP contribution in [0.15, 0.2) is 48.9 Å². The van der Waals surface area contributed by atoms with Gasteiger partial charge in [0.15, 0.2) is 0 Å². The number of nitrogens with zero attached hydrogens (tertiary/aromatic N) is 3. The van der Waals surface area contributed by atoms with Gasteiger partial charge in [-0.05, 0) is 42.8 Å².